The van der Waals surface area contributed by atoms with Gasteiger partial charge in [-0.25, -0.2) is 13.1 Å². The Morgan fingerprint density at radius 2 is 1.76 bits per heavy atom. The van der Waals surface area contributed by atoms with Crippen molar-refractivity contribution in [2.24, 2.45) is 0 Å². The van der Waals surface area contributed by atoms with Gasteiger partial charge in [0, 0.05) is 11.7 Å². The molecule has 0 bridgehead atoms. The summed E-state index contributed by atoms with van der Waals surface area (Å²) < 4.78 is 27.9. The lowest BCUT2D eigenvalue weighted by Crippen LogP contribution is -2.29. The first kappa shape index (κ1) is 15.5. The molecule has 0 aromatic heterocycles. The van der Waals surface area contributed by atoms with E-state index < -0.39 is 10.0 Å². The maximum atomic E-state index is 12.6. The van der Waals surface area contributed by atoms with Crippen molar-refractivity contribution >= 4 is 15.7 Å². The molecular formula is C16H20N2O2S. The molecule has 1 unspecified atom stereocenters. The number of rotatable bonds is 5. The van der Waals surface area contributed by atoms with Crippen LogP contribution in [0, 0.1) is 6.92 Å². The molecule has 2 aromatic carbocycles. The van der Waals surface area contributed by atoms with Gasteiger partial charge >= 0.3 is 0 Å². The van der Waals surface area contributed by atoms with Gasteiger partial charge in [0.15, 0.2) is 0 Å². The third-order valence-electron chi connectivity index (χ3n) is 3.52. The minimum atomic E-state index is -3.60. The van der Waals surface area contributed by atoms with Crippen molar-refractivity contribution in [3.63, 3.8) is 0 Å². The summed E-state index contributed by atoms with van der Waals surface area (Å²) in [7, 11) is -3.60. The van der Waals surface area contributed by atoms with E-state index in [9.17, 15) is 8.42 Å². The van der Waals surface area contributed by atoms with Crippen molar-refractivity contribution < 1.29 is 8.42 Å². The predicted molar refractivity (Wildman–Crippen MR) is 85.4 cm³/mol. The SMILES string of the molecule is CCC(NS(=O)(=O)c1cccc(N)c1C)c1ccccc1. The summed E-state index contributed by atoms with van der Waals surface area (Å²) in [6.45, 7) is 3.67. The molecule has 0 radical (unpaired) electrons. The number of sulfonamides is 1. The van der Waals surface area contributed by atoms with E-state index in [0.717, 1.165) is 5.56 Å². The van der Waals surface area contributed by atoms with Crippen molar-refractivity contribution in [1.29, 1.82) is 0 Å². The van der Waals surface area contributed by atoms with E-state index >= 15 is 0 Å². The standard InChI is InChI=1S/C16H20N2O2S/c1-3-15(13-8-5-4-6-9-13)18-21(19,20)16-11-7-10-14(17)12(16)2/h4-11,15,18H,3,17H2,1-2H3. The van der Waals surface area contributed by atoms with Crippen molar-refractivity contribution in [3.05, 3.63) is 59.7 Å². The van der Waals surface area contributed by atoms with Crippen molar-refractivity contribution in [3.8, 4) is 0 Å². The zero-order valence-corrected chi connectivity index (χ0v) is 13.0. The molecule has 0 spiro atoms. The van der Waals surface area contributed by atoms with Gasteiger partial charge in [-0.3, -0.25) is 0 Å². The average Bonchev–Trinajstić information content (AvgIpc) is 2.48. The molecule has 0 aliphatic heterocycles. The molecule has 2 rings (SSSR count). The molecule has 0 saturated heterocycles. The Hall–Kier alpha value is -1.85. The van der Waals surface area contributed by atoms with E-state index in [1.165, 1.54) is 0 Å². The number of nitrogens with two attached hydrogens (primary N) is 1. The molecule has 4 nitrogen and oxygen atoms in total. The van der Waals surface area contributed by atoms with Crippen LogP contribution in [-0.2, 0) is 10.0 Å². The van der Waals surface area contributed by atoms with Gasteiger partial charge in [-0.15, -0.1) is 0 Å². The van der Waals surface area contributed by atoms with Crippen LogP contribution in [0.4, 0.5) is 5.69 Å². The van der Waals surface area contributed by atoms with Gasteiger partial charge in [-0.2, -0.15) is 0 Å². The number of hydrogen-bond acceptors (Lipinski definition) is 3. The summed E-state index contributed by atoms with van der Waals surface area (Å²) in [6.07, 6.45) is 0.671. The van der Waals surface area contributed by atoms with Crippen molar-refractivity contribution in [2.75, 3.05) is 5.73 Å². The van der Waals surface area contributed by atoms with E-state index in [1.54, 1.807) is 25.1 Å². The zero-order chi connectivity index (χ0) is 15.5. The molecule has 1 atom stereocenters. The number of nitrogens with one attached hydrogen (secondary N) is 1. The summed E-state index contributed by atoms with van der Waals surface area (Å²) in [4.78, 5) is 0.233. The quantitative estimate of drug-likeness (QED) is 0.834. The minimum absolute atomic E-state index is 0.233. The Morgan fingerprint density at radius 3 is 2.38 bits per heavy atom. The summed E-state index contributed by atoms with van der Waals surface area (Å²) in [5.74, 6) is 0. The van der Waals surface area contributed by atoms with E-state index in [1.807, 2.05) is 37.3 Å². The molecule has 21 heavy (non-hydrogen) atoms. The molecule has 112 valence electrons. The molecule has 0 aliphatic carbocycles. The molecule has 0 amide bonds. The highest BCUT2D eigenvalue weighted by atomic mass is 32.2. The molecule has 0 fully saturated rings. The van der Waals surface area contributed by atoms with Crippen molar-refractivity contribution in [2.45, 2.75) is 31.2 Å². The maximum Gasteiger partial charge on any atom is 0.241 e. The molecule has 0 heterocycles. The van der Waals surface area contributed by atoms with Crippen LogP contribution in [0.5, 0.6) is 0 Å². The average molecular weight is 304 g/mol. The zero-order valence-electron chi connectivity index (χ0n) is 12.2. The van der Waals surface area contributed by atoms with Gasteiger partial charge in [-0.1, -0.05) is 43.3 Å². The number of nitrogen functional groups attached to an aromatic ring is 1. The van der Waals surface area contributed by atoms with Crippen LogP contribution in [0.15, 0.2) is 53.4 Å². The largest absolute Gasteiger partial charge is 0.398 e. The second-order valence-electron chi connectivity index (χ2n) is 4.96. The fourth-order valence-electron chi connectivity index (χ4n) is 2.25. The number of anilines is 1. The van der Waals surface area contributed by atoms with E-state index in [-0.39, 0.29) is 10.9 Å². The summed E-state index contributed by atoms with van der Waals surface area (Å²) >= 11 is 0. The lowest BCUT2D eigenvalue weighted by Gasteiger charge is -2.18. The Labute approximate surface area is 126 Å². The first-order valence-corrected chi connectivity index (χ1v) is 8.36. The molecular weight excluding hydrogens is 284 g/mol. The van der Waals surface area contributed by atoms with Crippen LogP contribution < -0.4 is 10.5 Å². The molecule has 5 heteroatoms. The molecule has 0 aliphatic rings. The fourth-order valence-corrected chi connectivity index (χ4v) is 3.83. The van der Waals surface area contributed by atoms with Crippen LogP contribution >= 0.6 is 0 Å². The van der Waals surface area contributed by atoms with Crippen LogP contribution in [0.3, 0.4) is 0 Å². The monoisotopic (exact) mass is 304 g/mol. The first-order valence-electron chi connectivity index (χ1n) is 6.88. The Balaban J connectivity index is 2.34. The van der Waals surface area contributed by atoms with Gasteiger partial charge in [-0.05, 0) is 36.6 Å². The Morgan fingerprint density at radius 1 is 1.10 bits per heavy atom. The minimum Gasteiger partial charge on any atom is -0.398 e. The van der Waals surface area contributed by atoms with Gasteiger partial charge in [0.05, 0.1) is 4.90 Å². The summed E-state index contributed by atoms with van der Waals surface area (Å²) in [5.41, 5.74) is 7.80. The molecule has 0 saturated carbocycles. The van der Waals surface area contributed by atoms with Crippen LogP contribution in [-0.4, -0.2) is 8.42 Å². The number of hydrogen-bond donors (Lipinski definition) is 2. The molecule has 3 N–H and O–H groups in total. The predicted octanol–water partition coefficient (Wildman–Crippen LogP) is 3.01. The lowest BCUT2D eigenvalue weighted by molar-refractivity contribution is 0.549. The fraction of sp³-hybridized carbons (Fsp3) is 0.250. The Kier molecular flexibility index (Phi) is 4.65. The highest BCUT2D eigenvalue weighted by molar-refractivity contribution is 7.89. The van der Waals surface area contributed by atoms with Crippen LogP contribution in [0.25, 0.3) is 0 Å². The second-order valence-corrected chi connectivity index (χ2v) is 6.65. The van der Waals surface area contributed by atoms with E-state index in [2.05, 4.69) is 4.72 Å². The summed E-state index contributed by atoms with van der Waals surface area (Å²) in [5, 5.41) is 0. The highest BCUT2D eigenvalue weighted by Crippen LogP contribution is 2.24. The second kappa shape index (κ2) is 6.28. The van der Waals surface area contributed by atoms with Gasteiger partial charge < -0.3 is 5.73 Å². The maximum absolute atomic E-state index is 12.6. The smallest absolute Gasteiger partial charge is 0.241 e. The van der Waals surface area contributed by atoms with Gasteiger partial charge in [0.1, 0.15) is 0 Å². The molecule has 2 aromatic rings. The van der Waals surface area contributed by atoms with E-state index in [4.69, 9.17) is 5.73 Å². The number of benzene rings is 2. The van der Waals surface area contributed by atoms with Crippen LogP contribution in [0.1, 0.15) is 30.5 Å². The highest BCUT2D eigenvalue weighted by Gasteiger charge is 2.22. The Bertz CT molecular complexity index is 712. The topological polar surface area (TPSA) is 72.2 Å². The summed E-state index contributed by atoms with van der Waals surface area (Å²) in [6, 6.07) is 14.2. The van der Waals surface area contributed by atoms with E-state index in [0.29, 0.717) is 17.7 Å². The van der Waals surface area contributed by atoms with Gasteiger partial charge in [0.25, 0.3) is 0 Å². The third kappa shape index (κ3) is 3.43. The lowest BCUT2D eigenvalue weighted by atomic mass is 10.1. The normalized spacial score (nSPS) is 13.0. The van der Waals surface area contributed by atoms with Gasteiger partial charge in [0.2, 0.25) is 10.0 Å². The third-order valence-corrected chi connectivity index (χ3v) is 5.14. The van der Waals surface area contributed by atoms with Crippen molar-refractivity contribution in [1.82, 2.24) is 4.72 Å². The first-order chi connectivity index (χ1) is 9.95. The van der Waals surface area contributed by atoms with Crippen LogP contribution in [0.2, 0.25) is 0 Å².